The van der Waals surface area contributed by atoms with Gasteiger partial charge in [-0.3, -0.25) is 9.69 Å². The van der Waals surface area contributed by atoms with Crippen LogP contribution >= 0.6 is 0 Å². The number of aryl methyl sites for hydroxylation is 1. The molecule has 6 nitrogen and oxygen atoms in total. The third kappa shape index (κ3) is 2.59. The fraction of sp³-hybridized carbons (Fsp3) is 0.556. The Morgan fingerprint density at radius 3 is 2.83 bits per heavy atom. The van der Waals surface area contributed by atoms with E-state index in [4.69, 9.17) is 4.74 Å². The van der Waals surface area contributed by atoms with Crippen LogP contribution in [0.3, 0.4) is 0 Å². The summed E-state index contributed by atoms with van der Waals surface area (Å²) in [7, 11) is 0. The molecule has 2 aliphatic heterocycles. The van der Waals surface area contributed by atoms with Gasteiger partial charge in [-0.15, -0.1) is 0 Å². The number of imidazole rings is 1. The standard InChI is InChI=1S/C18H24N4O2/c1-13-11-21(12-16(13)20-7-9-24-10-8-20)18(23)17-15-5-3-4-6-22(15)14(2)19-17/h3-6,13,16H,7-12H2,1-2H3/t13-,16+/m0/s1. The molecule has 2 aromatic rings. The van der Waals surface area contributed by atoms with Crippen LogP contribution in [-0.4, -0.2) is 70.5 Å². The molecule has 0 spiro atoms. The first-order valence-electron chi connectivity index (χ1n) is 8.70. The molecule has 24 heavy (non-hydrogen) atoms. The van der Waals surface area contributed by atoms with Gasteiger partial charge in [0.15, 0.2) is 5.69 Å². The SMILES string of the molecule is Cc1nc(C(=O)N2C[C@@H](N3CCOCC3)[C@@H](C)C2)c2ccccn12. The van der Waals surface area contributed by atoms with Crippen LogP contribution in [0.5, 0.6) is 0 Å². The molecule has 2 saturated heterocycles. The summed E-state index contributed by atoms with van der Waals surface area (Å²) in [6, 6.07) is 6.30. The van der Waals surface area contributed by atoms with Crippen LogP contribution in [0.25, 0.3) is 5.52 Å². The van der Waals surface area contributed by atoms with Gasteiger partial charge in [-0.1, -0.05) is 13.0 Å². The summed E-state index contributed by atoms with van der Waals surface area (Å²) >= 11 is 0. The van der Waals surface area contributed by atoms with Gasteiger partial charge in [0.05, 0.1) is 18.7 Å². The predicted octanol–water partition coefficient (Wildman–Crippen LogP) is 1.44. The minimum Gasteiger partial charge on any atom is -0.379 e. The quantitative estimate of drug-likeness (QED) is 0.837. The van der Waals surface area contributed by atoms with Gasteiger partial charge >= 0.3 is 0 Å². The van der Waals surface area contributed by atoms with Gasteiger partial charge < -0.3 is 14.0 Å². The van der Waals surface area contributed by atoms with Crippen molar-refractivity contribution >= 4 is 11.4 Å². The number of hydrogen-bond donors (Lipinski definition) is 0. The predicted molar refractivity (Wildman–Crippen MR) is 91.2 cm³/mol. The van der Waals surface area contributed by atoms with Crippen LogP contribution in [0.1, 0.15) is 23.2 Å². The van der Waals surface area contributed by atoms with Crippen LogP contribution in [-0.2, 0) is 4.74 Å². The highest BCUT2D eigenvalue weighted by Gasteiger charge is 2.37. The first kappa shape index (κ1) is 15.6. The smallest absolute Gasteiger partial charge is 0.274 e. The summed E-state index contributed by atoms with van der Waals surface area (Å²) < 4.78 is 7.43. The van der Waals surface area contributed by atoms with Crippen molar-refractivity contribution in [1.29, 1.82) is 0 Å². The number of likely N-dealkylation sites (tertiary alicyclic amines) is 1. The number of carbonyl (C=O) groups excluding carboxylic acids is 1. The fourth-order valence-corrected chi connectivity index (χ4v) is 4.00. The van der Waals surface area contributed by atoms with Crippen molar-refractivity contribution in [2.45, 2.75) is 19.9 Å². The average molecular weight is 328 g/mol. The molecule has 0 radical (unpaired) electrons. The van der Waals surface area contributed by atoms with E-state index in [-0.39, 0.29) is 5.91 Å². The van der Waals surface area contributed by atoms with E-state index >= 15 is 0 Å². The highest BCUT2D eigenvalue weighted by molar-refractivity contribution is 5.99. The molecule has 0 N–H and O–H groups in total. The number of morpholine rings is 1. The summed E-state index contributed by atoms with van der Waals surface area (Å²) in [5.41, 5.74) is 1.46. The van der Waals surface area contributed by atoms with Gasteiger partial charge in [0.2, 0.25) is 0 Å². The van der Waals surface area contributed by atoms with E-state index in [0.29, 0.717) is 17.7 Å². The van der Waals surface area contributed by atoms with Crippen LogP contribution in [0.4, 0.5) is 0 Å². The Balaban J connectivity index is 1.56. The van der Waals surface area contributed by atoms with Gasteiger partial charge in [-0.05, 0) is 25.0 Å². The topological polar surface area (TPSA) is 50.1 Å². The molecule has 128 valence electrons. The molecule has 0 aromatic carbocycles. The Bertz CT molecular complexity index is 751. The summed E-state index contributed by atoms with van der Waals surface area (Å²) in [6.07, 6.45) is 1.96. The van der Waals surface area contributed by atoms with Crippen LogP contribution in [0.15, 0.2) is 24.4 Å². The number of aromatic nitrogens is 2. The van der Waals surface area contributed by atoms with Crippen LogP contribution in [0, 0.1) is 12.8 Å². The summed E-state index contributed by atoms with van der Waals surface area (Å²) in [6.45, 7) is 9.27. The Morgan fingerprint density at radius 1 is 1.25 bits per heavy atom. The zero-order chi connectivity index (χ0) is 16.7. The molecular formula is C18H24N4O2. The number of ether oxygens (including phenoxy) is 1. The van der Waals surface area contributed by atoms with Crippen LogP contribution < -0.4 is 0 Å². The molecule has 4 heterocycles. The van der Waals surface area contributed by atoms with E-state index in [1.807, 2.05) is 40.6 Å². The van der Waals surface area contributed by atoms with E-state index in [2.05, 4.69) is 16.8 Å². The van der Waals surface area contributed by atoms with E-state index in [1.54, 1.807) is 0 Å². The molecule has 2 fully saturated rings. The fourth-order valence-electron chi connectivity index (χ4n) is 4.00. The number of nitrogens with zero attached hydrogens (tertiary/aromatic N) is 4. The monoisotopic (exact) mass is 328 g/mol. The molecule has 2 aliphatic rings. The number of rotatable bonds is 2. The maximum atomic E-state index is 13.1. The maximum Gasteiger partial charge on any atom is 0.274 e. The molecular weight excluding hydrogens is 304 g/mol. The molecule has 2 aromatic heterocycles. The third-order valence-electron chi connectivity index (χ3n) is 5.30. The Labute approximate surface area is 142 Å². The first-order valence-corrected chi connectivity index (χ1v) is 8.70. The van der Waals surface area contributed by atoms with Gasteiger partial charge in [0.25, 0.3) is 5.91 Å². The molecule has 0 aliphatic carbocycles. The molecule has 0 unspecified atom stereocenters. The van der Waals surface area contributed by atoms with Gasteiger partial charge in [0.1, 0.15) is 5.82 Å². The van der Waals surface area contributed by atoms with Gasteiger partial charge in [-0.2, -0.15) is 0 Å². The molecule has 0 saturated carbocycles. The van der Waals surface area contributed by atoms with Crippen molar-refractivity contribution in [3.63, 3.8) is 0 Å². The lowest BCUT2D eigenvalue weighted by Gasteiger charge is -2.33. The number of carbonyl (C=O) groups is 1. The van der Waals surface area contributed by atoms with Crippen LogP contribution in [0.2, 0.25) is 0 Å². The third-order valence-corrected chi connectivity index (χ3v) is 5.30. The van der Waals surface area contributed by atoms with Crippen molar-refractivity contribution in [3.8, 4) is 0 Å². The molecule has 6 heteroatoms. The normalized spacial score (nSPS) is 25.5. The Kier molecular flexibility index (Phi) is 4.02. The molecule has 2 atom stereocenters. The summed E-state index contributed by atoms with van der Waals surface area (Å²) in [5, 5.41) is 0. The lowest BCUT2D eigenvalue weighted by molar-refractivity contribution is 0.0119. The summed E-state index contributed by atoms with van der Waals surface area (Å²) in [5.74, 6) is 1.38. The van der Waals surface area contributed by atoms with E-state index in [1.165, 1.54) is 0 Å². The van der Waals surface area contributed by atoms with Crippen molar-refractivity contribution in [2.75, 3.05) is 39.4 Å². The van der Waals surface area contributed by atoms with Crippen molar-refractivity contribution in [3.05, 3.63) is 35.9 Å². The zero-order valence-corrected chi connectivity index (χ0v) is 14.3. The van der Waals surface area contributed by atoms with E-state index in [9.17, 15) is 4.79 Å². The second-order valence-electron chi connectivity index (χ2n) is 6.87. The number of pyridine rings is 1. The van der Waals surface area contributed by atoms with Gasteiger partial charge in [-0.25, -0.2) is 4.98 Å². The molecule has 4 rings (SSSR count). The Morgan fingerprint density at radius 2 is 2.04 bits per heavy atom. The highest BCUT2D eigenvalue weighted by Crippen LogP contribution is 2.25. The number of amides is 1. The largest absolute Gasteiger partial charge is 0.379 e. The van der Waals surface area contributed by atoms with Crippen molar-refractivity contribution < 1.29 is 9.53 Å². The average Bonchev–Trinajstić information content (AvgIpc) is 3.16. The van der Waals surface area contributed by atoms with E-state index < -0.39 is 0 Å². The lowest BCUT2D eigenvalue weighted by Crippen LogP contribution is -2.47. The highest BCUT2D eigenvalue weighted by atomic mass is 16.5. The second-order valence-corrected chi connectivity index (χ2v) is 6.87. The van der Waals surface area contributed by atoms with Gasteiger partial charge in [0, 0.05) is 38.4 Å². The minimum atomic E-state index is 0.0504. The van der Waals surface area contributed by atoms with Crippen molar-refractivity contribution in [2.24, 2.45) is 5.92 Å². The Hall–Kier alpha value is -1.92. The zero-order valence-electron chi connectivity index (χ0n) is 14.3. The van der Waals surface area contributed by atoms with Crippen molar-refractivity contribution in [1.82, 2.24) is 19.2 Å². The number of fused-ring (bicyclic) bond motifs is 1. The summed E-state index contributed by atoms with van der Waals surface area (Å²) in [4.78, 5) is 22.0. The lowest BCUT2D eigenvalue weighted by atomic mass is 10.0. The van der Waals surface area contributed by atoms with E-state index in [0.717, 1.165) is 50.7 Å². The first-order chi connectivity index (χ1) is 11.6. The maximum absolute atomic E-state index is 13.1. The number of hydrogen-bond acceptors (Lipinski definition) is 4. The molecule has 0 bridgehead atoms. The second kappa shape index (κ2) is 6.18. The minimum absolute atomic E-state index is 0.0504. The molecule has 1 amide bonds.